The van der Waals surface area contributed by atoms with Gasteiger partial charge in [-0.2, -0.15) is 4.31 Å². The number of aryl methyl sites for hydroxylation is 1. The van der Waals surface area contributed by atoms with Gasteiger partial charge in [0.1, 0.15) is 12.1 Å². The summed E-state index contributed by atoms with van der Waals surface area (Å²) in [6.45, 7) is 2.83. The number of aromatic nitrogens is 4. The molecule has 1 amide bonds. The number of benzene rings is 2. The molecular formula is C20H22N6O5S. The van der Waals surface area contributed by atoms with Crippen LogP contribution >= 0.6 is 0 Å². The van der Waals surface area contributed by atoms with Gasteiger partial charge in [-0.15, -0.1) is 5.10 Å². The number of morpholine rings is 1. The van der Waals surface area contributed by atoms with Gasteiger partial charge in [0, 0.05) is 18.8 Å². The molecule has 1 saturated heterocycles. The van der Waals surface area contributed by atoms with Crippen molar-refractivity contribution in [1.82, 2.24) is 24.5 Å². The maximum Gasteiger partial charge on any atom is 0.262 e. The van der Waals surface area contributed by atoms with Gasteiger partial charge in [-0.25, -0.2) is 13.1 Å². The van der Waals surface area contributed by atoms with E-state index in [9.17, 15) is 13.2 Å². The number of sulfonamides is 1. The third kappa shape index (κ3) is 4.93. The lowest BCUT2D eigenvalue weighted by atomic mass is 10.2. The zero-order chi connectivity index (χ0) is 22.6. The van der Waals surface area contributed by atoms with Gasteiger partial charge in [0.05, 0.1) is 23.8 Å². The number of carbonyl (C=O) groups excluding carboxylic acids is 1. The minimum atomic E-state index is -3.67. The molecule has 0 unspecified atom stereocenters. The van der Waals surface area contributed by atoms with Crippen molar-refractivity contribution >= 4 is 21.6 Å². The van der Waals surface area contributed by atoms with E-state index in [1.165, 1.54) is 21.4 Å². The van der Waals surface area contributed by atoms with Gasteiger partial charge < -0.3 is 14.8 Å². The van der Waals surface area contributed by atoms with Crippen LogP contribution in [-0.2, 0) is 19.6 Å². The average Bonchev–Trinajstić information content (AvgIpc) is 3.35. The molecule has 1 aliphatic rings. The number of anilines is 1. The molecule has 2 heterocycles. The van der Waals surface area contributed by atoms with Crippen molar-refractivity contribution in [2.24, 2.45) is 0 Å². The Morgan fingerprint density at radius 1 is 1.16 bits per heavy atom. The minimum Gasteiger partial charge on any atom is -0.484 e. The van der Waals surface area contributed by atoms with Crippen LogP contribution in [0.5, 0.6) is 5.75 Å². The third-order valence-corrected chi connectivity index (χ3v) is 6.92. The van der Waals surface area contributed by atoms with Gasteiger partial charge in [0.2, 0.25) is 10.0 Å². The Bertz CT molecular complexity index is 1180. The predicted octanol–water partition coefficient (Wildman–Crippen LogP) is 1.01. The van der Waals surface area contributed by atoms with Gasteiger partial charge >= 0.3 is 0 Å². The second-order valence-electron chi connectivity index (χ2n) is 7.08. The summed E-state index contributed by atoms with van der Waals surface area (Å²) in [5, 5.41) is 13.6. The molecule has 3 aromatic rings. The lowest BCUT2D eigenvalue weighted by molar-refractivity contribution is -0.118. The van der Waals surface area contributed by atoms with Crippen LogP contribution in [0, 0.1) is 6.92 Å². The minimum absolute atomic E-state index is 0.163. The number of nitrogens with one attached hydrogen (secondary N) is 1. The molecule has 0 aliphatic carbocycles. The number of carbonyl (C=O) groups is 1. The fraction of sp³-hybridized carbons (Fsp3) is 0.300. The van der Waals surface area contributed by atoms with Gasteiger partial charge in [-0.3, -0.25) is 4.79 Å². The molecule has 4 rings (SSSR count). The molecular weight excluding hydrogens is 436 g/mol. The molecule has 2 aromatic carbocycles. The summed E-state index contributed by atoms with van der Waals surface area (Å²) in [6.07, 6.45) is 1.47. The molecule has 12 heteroatoms. The first-order valence-corrected chi connectivity index (χ1v) is 11.3. The van der Waals surface area contributed by atoms with Gasteiger partial charge in [0.25, 0.3) is 5.91 Å². The largest absolute Gasteiger partial charge is 0.484 e. The quantitative estimate of drug-likeness (QED) is 0.555. The number of rotatable bonds is 7. The van der Waals surface area contributed by atoms with E-state index in [0.29, 0.717) is 43.3 Å². The van der Waals surface area contributed by atoms with E-state index in [4.69, 9.17) is 9.47 Å². The topological polar surface area (TPSA) is 129 Å². The highest BCUT2D eigenvalue weighted by Gasteiger charge is 2.28. The molecule has 1 aliphatic heterocycles. The van der Waals surface area contributed by atoms with Crippen LogP contribution in [-0.4, -0.2) is 71.7 Å². The molecule has 11 nitrogen and oxygen atoms in total. The Hall–Kier alpha value is -3.35. The summed E-state index contributed by atoms with van der Waals surface area (Å²) in [4.78, 5) is 12.5. The summed E-state index contributed by atoms with van der Waals surface area (Å²) < 4.78 is 39.6. The van der Waals surface area contributed by atoms with Crippen LogP contribution in [0.3, 0.4) is 0 Å². The predicted molar refractivity (Wildman–Crippen MR) is 114 cm³/mol. The molecule has 1 N–H and O–H groups in total. The van der Waals surface area contributed by atoms with Crippen LogP contribution < -0.4 is 10.1 Å². The number of nitrogens with zero attached hydrogens (tertiary/aromatic N) is 5. The zero-order valence-electron chi connectivity index (χ0n) is 17.3. The number of hydrogen-bond acceptors (Lipinski definition) is 8. The zero-order valence-corrected chi connectivity index (χ0v) is 18.2. The second-order valence-corrected chi connectivity index (χ2v) is 8.99. The summed E-state index contributed by atoms with van der Waals surface area (Å²) in [6, 6.07) is 11.7. The van der Waals surface area contributed by atoms with Crippen LogP contribution in [0.1, 0.15) is 5.56 Å². The highest BCUT2D eigenvalue weighted by molar-refractivity contribution is 7.89. The Kier molecular flexibility index (Phi) is 6.44. The van der Waals surface area contributed by atoms with E-state index in [0.717, 1.165) is 5.69 Å². The van der Waals surface area contributed by atoms with Crippen molar-refractivity contribution in [3.05, 3.63) is 54.4 Å². The smallest absolute Gasteiger partial charge is 0.262 e. The van der Waals surface area contributed by atoms with Crippen molar-refractivity contribution in [2.45, 2.75) is 11.8 Å². The third-order valence-electron chi connectivity index (χ3n) is 4.88. The Labute approximate surface area is 185 Å². The molecule has 32 heavy (non-hydrogen) atoms. The fourth-order valence-corrected chi connectivity index (χ4v) is 4.86. The monoisotopic (exact) mass is 458 g/mol. The van der Waals surface area contributed by atoms with Crippen LogP contribution in [0.4, 0.5) is 5.69 Å². The number of tetrazole rings is 1. The molecule has 168 valence electrons. The number of hydrogen-bond donors (Lipinski definition) is 1. The van der Waals surface area contributed by atoms with Crippen molar-refractivity contribution in [3.8, 4) is 11.4 Å². The molecule has 1 aromatic heterocycles. The van der Waals surface area contributed by atoms with E-state index in [-0.39, 0.29) is 11.5 Å². The van der Waals surface area contributed by atoms with Gasteiger partial charge in [-0.1, -0.05) is 6.07 Å². The Morgan fingerprint density at radius 2 is 1.91 bits per heavy atom. The maximum absolute atomic E-state index is 13.0. The Balaban J connectivity index is 1.38. The number of amides is 1. The van der Waals surface area contributed by atoms with E-state index in [1.807, 2.05) is 0 Å². The maximum atomic E-state index is 13.0. The van der Waals surface area contributed by atoms with Crippen molar-refractivity contribution in [1.29, 1.82) is 0 Å². The van der Waals surface area contributed by atoms with Crippen LogP contribution in [0.2, 0.25) is 0 Å². The molecule has 0 saturated carbocycles. The molecule has 0 spiro atoms. The summed E-state index contributed by atoms with van der Waals surface area (Å²) in [5.41, 5.74) is 1.74. The van der Waals surface area contributed by atoms with Gasteiger partial charge in [-0.05, 0) is 59.3 Å². The van der Waals surface area contributed by atoms with E-state index in [2.05, 4.69) is 20.8 Å². The van der Waals surface area contributed by atoms with Crippen LogP contribution in [0.25, 0.3) is 5.69 Å². The highest BCUT2D eigenvalue weighted by atomic mass is 32.2. The summed E-state index contributed by atoms with van der Waals surface area (Å²) in [7, 11) is -3.67. The SMILES string of the molecule is Cc1ccc(NC(=O)COc2ccc(-n3cnnn3)cc2)cc1S(=O)(=O)N1CCOCC1. The first kappa shape index (κ1) is 21.9. The van der Waals surface area contributed by atoms with Crippen molar-refractivity contribution < 1.29 is 22.7 Å². The summed E-state index contributed by atoms with van der Waals surface area (Å²) >= 11 is 0. The van der Waals surface area contributed by atoms with Crippen molar-refractivity contribution in [3.63, 3.8) is 0 Å². The molecule has 0 radical (unpaired) electrons. The van der Waals surface area contributed by atoms with Crippen LogP contribution in [0.15, 0.2) is 53.7 Å². The van der Waals surface area contributed by atoms with E-state index in [1.54, 1.807) is 43.3 Å². The fourth-order valence-electron chi connectivity index (χ4n) is 3.20. The second kappa shape index (κ2) is 9.42. The average molecular weight is 459 g/mol. The first-order chi connectivity index (χ1) is 15.4. The normalized spacial score (nSPS) is 14.8. The van der Waals surface area contributed by atoms with Crippen molar-refractivity contribution in [2.75, 3.05) is 38.2 Å². The first-order valence-electron chi connectivity index (χ1n) is 9.88. The highest BCUT2D eigenvalue weighted by Crippen LogP contribution is 2.24. The Morgan fingerprint density at radius 3 is 2.59 bits per heavy atom. The molecule has 1 fully saturated rings. The number of ether oxygens (including phenoxy) is 2. The standard InChI is InChI=1S/C20H22N6O5S/c1-15-2-3-16(12-19(15)32(28,29)25-8-10-30-11-9-25)22-20(27)13-31-18-6-4-17(5-7-18)26-14-21-23-24-26/h2-7,12,14H,8-11,13H2,1H3,(H,22,27). The van der Waals surface area contributed by atoms with E-state index < -0.39 is 15.9 Å². The molecule has 0 bridgehead atoms. The van der Waals surface area contributed by atoms with E-state index >= 15 is 0 Å². The lowest BCUT2D eigenvalue weighted by Gasteiger charge is -2.26. The molecule has 0 atom stereocenters. The summed E-state index contributed by atoms with van der Waals surface area (Å²) in [5.74, 6) is 0.0876. The van der Waals surface area contributed by atoms with Gasteiger partial charge in [0.15, 0.2) is 6.61 Å². The lowest BCUT2D eigenvalue weighted by Crippen LogP contribution is -2.40.